The molecule has 1 aromatic heterocycles. The molecule has 0 fully saturated rings. The largest absolute Gasteiger partial charge is 0.481 e. The highest BCUT2D eigenvalue weighted by Crippen LogP contribution is 2.15. The minimum Gasteiger partial charge on any atom is -0.481 e. The van der Waals surface area contributed by atoms with Gasteiger partial charge in [0.15, 0.2) is 0 Å². The van der Waals surface area contributed by atoms with Crippen molar-refractivity contribution in [3.05, 3.63) is 22.4 Å². The van der Waals surface area contributed by atoms with Gasteiger partial charge in [-0.25, -0.2) is 0 Å². The molecule has 1 unspecified atom stereocenters. The molecule has 0 spiro atoms. The van der Waals surface area contributed by atoms with E-state index in [0.717, 1.165) is 6.42 Å². The molecule has 0 bridgehead atoms. The Labute approximate surface area is 87.6 Å². The van der Waals surface area contributed by atoms with E-state index in [-0.39, 0.29) is 5.92 Å². The summed E-state index contributed by atoms with van der Waals surface area (Å²) in [5.74, 6) is -1.02. The van der Waals surface area contributed by atoms with Crippen LogP contribution < -0.4 is 5.73 Å². The molecule has 0 aliphatic rings. The zero-order valence-corrected chi connectivity index (χ0v) is 8.80. The first kappa shape index (κ1) is 11.2. The van der Waals surface area contributed by atoms with E-state index in [1.165, 1.54) is 5.56 Å². The zero-order chi connectivity index (χ0) is 10.4. The summed E-state index contributed by atoms with van der Waals surface area (Å²) < 4.78 is 0. The molecule has 1 rings (SSSR count). The van der Waals surface area contributed by atoms with Crippen molar-refractivity contribution in [2.24, 2.45) is 11.7 Å². The van der Waals surface area contributed by atoms with E-state index < -0.39 is 5.97 Å². The van der Waals surface area contributed by atoms with Crippen LogP contribution in [0.4, 0.5) is 0 Å². The van der Waals surface area contributed by atoms with Crippen LogP contribution in [-0.4, -0.2) is 17.6 Å². The Bertz CT molecular complexity index is 272. The van der Waals surface area contributed by atoms with Crippen molar-refractivity contribution in [1.82, 2.24) is 0 Å². The van der Waals surface area contributed by atoms with E-state index in [1.54, 1.807) is 11.3 Å². The van der Waals surface area contributed by atoms with Gasteiger partial charge >= 0.3 is 5.97 Å². The van der Waals surface area contributed by atoms with Crippen molar-refractivity contribution in [3.63, 3.8) is 0 Å². The lowest BCUT2D eigenvalue weighted by Crippen LogP contribution is -2.18. The van der Waals surface area contributed by atoms with Gasteiger partial charge in [-0.2, -0.15) is 11.3 Å². The van der Waals surface area contributed by atoms with Crippen LogP contribution in [0, 0.1) is 5.92 Å². The van der Waals surface area contributed by atoms with Crippen molar-refractivity contribution < 1.29 is 9.90 Å². The van der Waals surface area contributed by atoms with E-state index in [0.29, 0.717) is 19.4 Å². The molecule has 0 aliphatic heterocycles. The molecule has 1 aromatic rings. The van der Waals surface area contributed by atoms with Crippen molar-refractivity contribution in [2.45, 2.75) is 19.3 Å². The summed E-state index contributed by atoms with van der Waals surface area (Å²) in [6, 6.07) is 2.03. The maximum absolute atomic E-state index is 10.8. The van der Waals surface area contributed by atoms with Crippen LogP contribution in [-0.2, 0) is 11.2 Å². The Balaban J connectivity index is 2.37. The Morgan fingerprint density at radius 1 is 1.57 bits per heavy atom. The lowest BCUT2D eigenvalue weighted by molar-refractivity contribution is -0.142. The van der Waals surface area contributed by atoms with Gasteiger partial charge in [-0.3, -0.25) is 4.79 Å². The number of rotatable bonds is 6. The molecular formula is C10H15NO2S. The van der Waals surface area contributed by atoms with Crippen molar-refractivity contribution in [3.8, 4) is 0 Å². The topological polar surface area (TPSA) is 63.3 Å². The van der Waals surface area contributed by atoms with E-state index in [1.807, 2.05) is 11.4 Å². The SMILES string of the molecule is NCCC(CCc1ccsc1)C(=O)O. The number of thiophene rings is 1. The minimum absolute atomic E-state index is 0.292. The number of carbonyl (C=O) groups is 1. The van der Waals surface area contributed by atoms with Crippen LogP contribution in [0.3, 0.4) is 0 Å². The molecule has 1 atom stereocenters. The van der Waals surface area contributed by atoms with Crippen LogP contribution in [0.1, 0.15) is 18.4 Å². The van der Waals surface area contributed by atoms with E-state index in [4.69, 9.17) is 10.8 Å². The number of hydrogen-bond donors (Lipinski definition) is 2. The molecule has 0 saturated heterocycles. The van der Waals surface area contributed by atoms with Gasteiger partial charge in [-0.15, -0.1) is 0 Å². The summed E-state index contributed by atoms with van der Waals surface area (Å²) in [6.07, 6.45) is 2.09. The number of hydrogen-bond acceptors (Lipinski definition) is 3. The van der Waals surface area contributed by atoms with Crippen LogP contribution in [0.15, 0.2) is 16.8 Å². The second-order valence-corrected chi connectivity index (χ2v) is 4.06. The summed E-state index contributed by atoms with van der Waals surface area (Å²) in [4.78, 5) is 10.8. The summed E-state index contributed by atoms with van der Waals surface area (Å²) in [7, 11) is 0. The number of nitrogens with two attached hydrogens (primary N) is 1. The van der Waals surface area contributed by atoms with Gasteiger partial charge in [-0.05, 0) is 48.2 Å². The van der Waals surface area contributed by atoms with Gasteiger partial charge in [-0.1, -0.05) is 0 Å². The molecule has 4 heteroatoms. The summed E-state index contributed by atoms with van der Waals surface area (Å²) in [5, 5.41) is 12.9. The van der Waals surface area contributed by atoms with Gasteiger partial charge in [0.1, 0.15) is 0 Å². The molecule has 0 saturated carbocycles. The molecule has 14 heavy (non-hydrogen) atoms. The number of carboxylic acids is 1. The van der Waals surface area contributed by atoms with Gasteiger partial charge in [0.25, 0.3) is 0 Å². The van der Waals surface area contributed by atoms with E-state index in [9.17, 15) is 4.79 Å². The van der Waals surface area contributed by atoms with Gasteiger partial charge in [0, 0.05) is 0 Å². The summed E-state index contributed by atoms with van der Waals surface area (Å²) in [5.41, 5.74) is 6.58. The highest BCUT2D eigenvalue weighted by atomic mass is 32.1. The first-order valence-corrected chi connectivity index (χ1v) is 5.62. The fraction of sp³-hybridized carbons (Fsp3) is 0.500. The number of aryl methyl sites for hydroxylation is 1. The van der Waals surface area contributed by atoms with Gasteiger partial charge in [0.2, 0.25) is 0 Å². The molecule has 0 aliphatic carbocycles. The maximum Gasteiger partial charge on any atom is 0.306 e. The highest BCUT2D eigenvalue weighted by Gasteiger charge is 2.15. The maximum atomic E-state index is 10.8. The Morgan fingerprint density at radius 3 is 2.86 bits per heavy atom. The average molecular weight is 213 g/mol. The molecular weight excluding hydrogens is 198 g/mol. The first-order valence-electron chi connectivity index (χ1n) is 4.68. The average Bonchev–Trinajstić information content (AvgIpc) is 2.64. The second kappa shape index (κ2) is 5.78. The normalized spacial score (nSPS) is 12.6. The first-order chi connectivity index (χ1) is 6.74. The summed E-state index contributed by atoms with van der Waals surface area (Å²) in [6.45, 7) is 0.445. The van der Waals surface area contributed by atoms with Crippen molar-refractivity contribution in [1.29, 1.82) is 0 Å². The quantitative estimate of drug-likeness (QED) is 0.756. The summed E-state index contributed by atoms with van der Waals surface area (Å²) >= 11 is 1.64. The molecule has 0 amide bonds. The third-order valence-electron chi connectivity index (χ3n) is 2.23. The minimum atomic E-state index is -0.731. The smallest absolute Gasteiger partial charge is 0.306 e. The molecule has 3 nitrogen and oxygen atoms in total. The predicted molar refractivity (Wildman–Crippen MR) is 57.4 cm³/mol. The van der Waals surface area contributed by atoms with Crippen LogP contribution in [0.25, 0.3) is 0 Å². The van der Waals surface area contributed by atoms with Crippen molar-refractivity contribution >= 4 is 17.3 Å². The fourth-order valence-corrected chi connectivity index (χ4v) is 2.07. The monoisotopic (exact) mass is 213 g/mol. The molecule has 1 heterocycles. The molecule has 78 valence electrons. The van der Waals surface area contributed by atoms with Crippen LogP contribution >= 0.6 is 11.3 Å². The predicted octanol–water partition coefficient (Wildman–Crippen LogP) is 1.73. The van der Waals surface area contributed by atoms with Crippen LogP contribution in [0.5, 0.6) is 0 Å². The second-order valence-electron chi connectivity index (χ2n) is 3.28. The highest BCUT2D eigenvalue weighted by molar-refractivity contribution is 7.07. The lowest BCUT2D eigenvalue weighted by atomic mass is 9.98. The molecule has 3 N–H and O–H groups in total. The Kier molecular flexibility index (Phi) is 4.62. The third kappa shape index (κ3) is 3.47. The standard InChI is InChI=1S/C10H15NO2S/c11-5-3-9(10(12)13)2-1-8-4-6-14-7-8/h4,6-7,9H,1-3,5,11H2,(H,12,13). The number of aliphatic carboxylic acids is 1. The zero-order valence-electron chi connectivity index (χ0n) is 7.98. The van der Waals surface area contributed by atoms with E-state index in [2.05, 4.69) is 5.38 Å². The number of carboxylic acid groups (broad SMARTS) is 1. The van der Waals surface area contributed by atoms with Crippen molar-refractivity contribution in [2.75, 3.05) is 6.54 Å². The van der Waals surface area contributed by atoms with Gasteiger partial charge < -0.3 is 10.8 Å². The van der Waals surface area contributed by atoms with Gasteiger partial charge in [0.05, 0.1) is 5.92 Å². The molecule has 0 radical (unpaired) electrons. The lowest BCUT2D eigenvalue weighted by Gasteiger charge is -2.09. The van der Waals surface area contributed by atoms with E-state index >= 15 is 0 Å². The Hall–Kier alpha value is -0.870. The van der Waals surface area contributed by atoms with Crippen LogP contribution in [0.2, 0.25) is 0 Å². The third-order valence-corrected chi connectivity index (χ3v) is 2.96. The Morgan fingerprint density at radius 2 is 2.36 bits per heavy atom. The molecule has 0 aromatic carbocycles. The fourth-order valence-electron chi connectivity index (χ4n) is 1.37.